The third-order valence-corrected chi connectivity index (χ3v) is 2.01. The van der Waals surface area contributed by atoms with Gasteiger partial charge in [-0.05, 0) is 13.0 Å². The highest BCUT2D eigenvalue weighted by atomic mass is 16.3. The Labute approximate surface area is 63.4 Å². The van der Waals surface area contributed by atoms with Gasteiger partial charge in [-0.1, -0.05) is 26.7 Å². The van der Waals surface area contributed by atoms with Crippen molar-refractivity contribution in [1.82, 2.24) is 0 Å². The van der Waals surface area contributed by atoms with Gasteiger partial charge in [0.05, 0.1) is 0 Å². The number of aliphatic hydroxyl groups excluding tert-OH is 1. The van der Waals surface area contributed by atoms with Gasteiger partial charge in [0.25, 0.3) is 0 Å². The summed E-state index contributed by atoms with van der Waals surface area (Å²) in [5, 5.41) is 8.93. The minimum Gasteiger partial charge on any atom is -0.396 e. The van der Waals surface area contributed by atoms with Gasteiger partial charge in [-0.25, -0.2) is 0 Å². The van der Waals surface area contributed by atoms with E-state index >= 15 is 0 Å². The Kier molecular flexibility index (Phi) is 4.65. The molecule has 0 aliphatic rings. The molecule has 2 heteroatoms. The van der Waals surface area contributed by atoms with Crippen LogP contribution in [-0.4, -0.2) is 18.3 Å². The van der Waals surface area contributed by atoms with Gasteiger partial charge in [0, 0.05) is 12.0 Å². The number of aliphatic hydroxyl groups is 1. The molecule has 0 amide bonds. The van der Waals surface area contributed by atoms with Crippen LogP contribution >= 0.6 is 0 Å². The van der Waals surface area contributed by atoms with Gasteiger partial charge < -0.3 is 10.8 Å². The summed E-state index contributed by atoms with van der Waals surface area (Å²) in [5.74, 6) is 0. The third kappa shape index (κ3) is 3.18. The molecule has 0 aromatic rings. The van der Waals surface area contributed by atoms with Crippen LogP contribution in [0.15, 0.2) is 0 Å². The lowest BCUT2D eigenvalue weighted by Gasteiger charge is -2.24. The number of rotatable bonds is 5. The molecule has 62 valence electrons. The number of hydrogen-bond acceptors (Lipinski definition) is 2. The average molecular weight is 145 g/mol. The molecule has 0 aliphatic heterocycles. The van der Waals surface area contributed by atoms with Crippen molar-refractivity contribution in [3.05, 3.63) is 0 Å². The zero-order chi connectivity index (χ0) is 8.04. The molecule has 0 spiro atoms. The van der Waals surface area contributed by atoms with Crippen LogP contribution in [0.3, 0.4) is 0 Å². The Balaban J connectivity index is 3.58. The van der Waals surface area contributed by atoms with E-state index in [0.717, 1.165) is 12.8 Å². The monoisotopic (exact) mass is 145 g/mol. The van der Waals surface area contributed by atoms with Crippen LogP contribution in [0.2, 0.25) is 0 Å². The standard InChI is InChI=1S/C8H19NO/c1-3-4-5-8(2,6-9)7-10/h10H,3-7,9H2,1-2H3. The first-order valence-corrected chi connectivity index (χ1v) is 3.99. The topological polar surface area (TPSA) is 46.2 Å². The molecule has 10 heavy (non-hydrogen) atoms. The van der Waals surface area contributed by atoms with Crippen molar-refractivity contribution in [1.29, 1.82) is 0 Å². The molecule has 1 atom stereocenters. The van der Waals surface area contributed by atoms with E-state index in [1.807, 2.05) is 6.92 Å². The Morgan fingerprint density at radius 3 is 2.40 bits per heavy atom. The molecule has 1 unspecified atom stereocenters. The summed E-state index contributed by atoms with van der Waals surface area (Å²) in [6, 6.07) is 0. The molecule has 2 nitrogen and oxygen atoms in total. The molecule has 0 saturated carbocycles. The maximum atomic E-state index is 8.93. The van der Waals surface area contributed by atoms with Crippen molar-refractivity contribution < 1.29 is 5.11 Å². The Bertz CT molecular complexity index is 79.3. The molecule has 0 radical (unpaired) electrons. The van der Waals surface area contributed by atoms with Gasteiger partial charge >= 0.3 is 0 Å². The first-order valence-electron chi connectivity index (χ1n) is 3.99. The van der Waals surface area contributed by atoms with Crippen LogP contribution in [0.25, 0.3) is 0 Å². The minimum absolute atomic E-state index is 0.0317. The second kappa shape index (κ2) is 4.69. The van der Waals surface area contributed by atoms with Crippen molar-refractivity contribution in [3.63, 3.8) is 0 Å². The third-order valence-electron chi connectivity index (χ3n) is 2.01. The van der Waals surface area contributed by atoms with Crippen LogP contribution in [0.4, 0.5) is 0 Å². The van der Waals surface area contributed by atoms with Crippen molar-refractivity contribution in [2.75, 3.05) is 13.2 Å². The van der Waals surface area contributed by atoms with E-state index in [0.29, 0.717) is 6.54 Å². The first-order chi connectivity index (χ1) is 4.68. The molecule has 0 fully saturated rings. The predicted octanol–water partition coefficient (Wildman–Crippen LogP) is 1.13. The van der Waals surface area contributed by atoms with E-state index in [1.165, 1.54) is 6.42 Å². The second-order valence-electron chi connectivity index (χ2n) is 3.28. The number of nitrogens with two attached hydrogens (primary N) is 1. The summed E-state index contributed by atoms with van der Waals surface area (Å²) in [5.41, 5.74) is 5.47. The first kappa shape index (κ1) is 9.92. The zero-order valence-electron chi connectivity index (χ0n) is 7.06. The molecule has 0 aliphatic carbocycles. The van der Waals surface area contributed by atoms with Crippen LogP contribution in [0.1, 0.15) is 33.1 Å². The molecule has 0 heterocycles. The van der Waals surface area contributed by atoms with E-state index < -0.39 is 0 Å². The molecule has 3 N–H and O–H groups in total. The van der Waals surface area contributed by atoms with Gasteiger partial charge in [-0.15, -0.1) is 0 Å². The molecule has 0 aromatic heterocycles. The highest BCUT2D eigenvalue weighted by molar-refractivity contribution is 4.73. The van der Waals surface area contributed by atoms with Crippen LogP contribution in [0, 0.1) is 5.41 Å². The van der Waals surface area contributed by atoms with Gasteiger partial charge in [0.1, 0.15) is 0 Å². The number of hydrogen-bond donors (Lipinski definition) is 2. The predicted molar refractivity (Wildman–Crippen MR) is 43.8 cm³/mol. The Hall–Kier alpha value is -0.0800. The molecule has 0 saturated heterocycles. The maximum Gasteiger partial charge on any atom is 0.0496 e. The summed E-state index contributed by atoms with van der Waals surface area (Å²) in [4.78, 5) is 0. The minimum atomic E-state index is -0.0317. The lowest BCUT2D eigenvalue weighted by molar-refractivity contribution is 0.137. The van der Waals surface area contributed by atoms with E-state index in [1.54, 1.807) is 0 Å². The molecule has 0 aromatic carbocycles. The van der Waals surface area contributed by atoms with E-state index in [4.69, 9.17) is 10.8 Å². The van der Waals surface area contributed by atoms with E-state index in [-0.39, 0.29) is 12.0 Å². The maximum absolute atomic E-state index is 8.93. The van der Waals surface area contributed by atoms with Crippen LogP contribution in [0.5, 0.6) is 0 Å². The van der Waals surface area contributed by atoms with Crippen molar-refractivity contribution in [2.24, 2.45) is 11.1 Å². The highest BCUT2D eigenvalue weighted by Crippen LogP contribution is 2.21. The van der Waals surface area contributed by atoms with E-state index in [2.05, 4.69) is 6.92 Å². The summed E-state index contributed by atoms with van der Waals surface area (Å²) >= 11 is 0. The van der Waals surface area contributed by atoms with Gasteiger partial charge in [-0.2, -0.15) is 0 Å². The van der Waals surface area contributed by atoms with Crippen molar-refractivity contribution in [2.45, 2.75) is 33.1 Å². The zero-order valence-corrected chi connectivity index (χ0v) is 7.06. The Morgan fingerprint density at radius 1 is 1.50 bits per heavy atom. The Morgan fingerprint density at radius 2 is 2.10 bits per heavy atom. The SMILES string of the molecule is CCCCC(C)(CN)CO. The fourth-order valence-corrected chi connectivity index (χ4v) is 0.849. The highest BCUT2D eigenvalue weighted by Gasteiger charge is 2.19. The van der Waals surface area contributed by atoms with E-state index in [9.17, 15) is 0 Å². The summed E-state index contributed by atoms with van der Waals surface area (Å²) in [7, 11) is 0. The van der Waals surface area contributed by atoms with Crippen LogP contribution < -0.4 is 5.73 Å². The molecular weight excluding hydrogens is 126 g/mol. The van der Waals surface area contributed by atoms with Gasteiger partial charge in [0.2, 0.25) is 0 Å². The summed E-state index contributed by atoms with van der Waals surface area (Å²) in [6.45, 7) is 4.98. The smallest absolute Gasteiger partial charge is 0.0496 e. The van der Waals surface area contributed by atoms with Crippen molar-refractivity contribution in [3.8, 4) is 0 Å². The quantitative estimate of drug-likeness (QED) is 0.609. The fourth-order valence-electron chi connectivity index (χ4n) is 0.849. The second-order valence-corrected chi connectivity index (χ2v) is 3.28. The summed E-state index contributed by atoms with van der Waals surface area (Å²) in [6.07, 6.45) is 3.38. The number of unbranched alkanes of at least 4 members (excludes halogenated alkanes) is 1. The molecule has 0 bridgehead atoms. The molecular formula is C8H19NO. The fraction of sp³-hybridized carbons (Fsp3) is 1.00. The normalized spacial score (nSPS) is 16.8. The lowest BCUT2D eigenvalue weighted by Crippen LogP contribution is -2.30. The largest absolute Gasteiger partial charge is 0.396 e. The van der Waals surface area contributed by atoms with Crippen LogP contribution in [-0.2, 0) is 0 Å². The summed E-state index contributed by atoms with van der Waals surface area (Å²) < 4.78 is 0. The average Bonchev–Trinajstić information content (AvgIpc) is 2.00. The molecule has 0 rings (SSSR count). The lowest BCUT2D eigenvalue weighted by atomic mass is 9.86. The van der Waals surface area contributed by atoms with Gasteiger partial charge in [0.15, 0.2) is 0 Å². The van der Waals surface area contributed by atoms with Gasteiger partial charge in [-0.3, -0.25) is 0 Å². The van der Waals surface area contributed by atoms with Crippen molar-refractivity contribution >= 4 is 0 Å².